The van der Waals surface area contributed by atoms with Crippen LogP contribution in [0.2, 0.25) is 5.02 Å². The zero-order valence-corrected chi connectivity index (χ0v) is 14.7. The number of aromatic nitrogens is 1. The minimum absolute atomic E-state index is 0.0699. The second-order valence-electron chi connectivity index (χ2n) is 6.00. The Labute approximate surface area is 149 Å². The van der Waals surface area contributed by atoms with Gasteiger partial charge in [0.1, 0.15) is 5.02 Å². The molecule has 1 saturated heterocycles. The Morgan fingerprint density at radius 3 is 2.68 bits per heavy atom. The summed E-state index contributed by atoms with van der Waals surface area (Å²) in [6.07, 6.45) is -0.490. The predicted octanol–water partition coefficient (Wildman–Crippen LogP) is 3.28. The van der Waals surface area contributed by atoms with E-state index in [2.05, 4.69) is 26.9 Å². The summed E-state index contributed by atoms with van der Waals surface area (Å²) >= 11 is 5.86. The standard InChI is InChI=1S/C16H21ClF3N3O2/c1-2-5-23-6-3-12(4-7-23)22-14(24)11-8-13(17)15(21-9-11)25-10-16(18,19)20/h8-9,12H,2-7,10H2,1H3,(H,22,24). The summed E-state index contributed by atoms with van der Waals surface area (Å²) in [5, 5.41) is 2.79. The fraction of sp³-hybridized carbons (Fsp3) is 0.625. The van der Waals surface area contributed by atoms with E-state index < -0.39 is 12.8 Å². The highest BCUT2D eigenvalue weighted by Crippen LogP contribution is 2.25. The van der Waals surface area contributed by atoms with Gasteiger partial charge in [-0.1, -0.05) is 18.5 Å². The molecule has 1 N–H and O–H groups in total. The second kappa shape index (κ2) is 8.71. The molecule has 5 nitrogen and oxygen atoms in total. The Balaban J connectivity index is 1.89. The number of nitrogens with one attached hydrogen (secondary N) is 1. The maximum Gasteiger partial charge on any atom is 0.422 e. The molecule has 140 valence electrons. The molecule has 25 heavy (non-hydrogen) atoms. The number of piperidine rings is 1. The van der Waals surface area contributed by atoms with E-state index in [1.54, 1.807) is 0 Å². The SMILES string of the molecule is CCCN1CCC(NC(=O)c2cnc(OCC(F)(F)F)c(Cl)c2)CC1. The Morgan fingerprint density at radius 1 is 1.44 bits per heavy atom. The van der Waals surface area contributed by atoms with Crippen molar-refractivity contribution in [1.82, 2.24) is 15.2 Å². The molecule has 0 bridgehead atoms. The summed E-state index contributed by atoms with van der Waals surface area (Å²) in [6, 6.07) is 1.34. The number of pyridine rings is 1. The van der Waals surface area contributed by atoms with Crippen LogP contribution in [0, 0.1) is 0 Å². The van der Waals surface area contributed by atoms with Crippen LogP contribution < -0.4 is 10.1 Å². The fourth-order valence-corrected chi connectivity index (χ4v) is 2.91. The molecule has 2 rings (SSSR count). The largest absolute Gasteiger partial charge is 0.467 e. The van der Waals surface area contributed by atoms with Crippen molar-refractivity contribution in [2.24, 2.45) is 0 Å². The van der Waals surface area contributed by atoms with Gasteiger partial charge in [-0.25, -0.2) is 4.98 Å². The van der Waals surface area contributed by atoms with Gasteiger partial charge in [0.2, 0.25) is 5.88 Å². The van der Waals surface area contributed by atoms with E-state index in [9.17, 15) is 18.0 Å². The third-order valence-electron chi connectivity index (χ3n) is 3.90. The first-order valence-electron chi connectivity index (χ1n) is 8.17. The Morgan fingerprint density at radius 2 is 2.12 bits per heavy atom. The van der Waals surface area contributed by atoms with Crippen LogP contribution in [-0.4, -0.2) is 54.3 Å². The monoisotopic (exact) mass is 379 g/mol. The predicted molar refractivity (Wildman–Crippen MR) is 88.0 cm³/mol. The molecule has 0 saturated carbocycles. The molecule has 1 fully saturated rings. The number of alkyl halides is 3. The normalized spacial score (nSPS) is 16.7. The molecule has 0 aliphatic carbocycles. The van der Waals surface area contributed by atoms with E-state index in [0.717, 1.165) is 38.9 Å². The van der Waals surface area contributed by atoms with E-state index in [1.165, 1.54) is 12.3 Å². The van der Waals surface area contributed by atoms with Gasteiger partial charge in [-0.2, -0.15) is 13.2 Å². The quantitative estimate of drug-likeness (QED) is 0.824. The molecular formula is C16H21ClF3N3O2. The lowest BCUT2D eigenvalue weighted by molar-refractivity contribution is -0.154. The van der Waals surface area contributed by atoms with Gasteiger partial charge < -0.3 is 15.0 Å². The molecule has 2 heterocycles. The maximum absolute atomic E-state index is 12.3. The van der Waals surface area contributed by atoms with Crippen LogP contribution in [-0.2, 0) is 0 Å². The number of hydrogen-bond acceptors (Lipinski definition) is 4. The zero-order chi connectivity index (χ0) is 18.4. The van der Waals surface area contributed by atoms with Crippen LogP contribution in [0.3, 0.4) is 0 Å². The van der Waals surface area contributed by atoms with E-state index in [4.69, 9.17) is 11.6 Å². The number of amides is 1. The van der Waals surface area contributed by atoms with E-state index in [1.807, 2.05) is 0 Å². The average molecular weight is 380 g/mol. The lowest BCUT2D eigenvalue weighted by atomic mass is 10.0. The van der Waals surface area contributed by atoms with Crippen LogP contribution in [0.1, 0.15) is 36.5 Å². The van der Waals surface area contributed by atoms with Crippen molar-refractivity contribution in [3.63, 3.8) is 0 Å². The van der Waals surface area contributed by atoms with Gasteiger partial charge in [-0.05, 0) is 31.9 Å². The van der Waals surface area contributed by atoms with Gasteiger partial charge in [-0.3, -0.25) is 4.79 Å². The van der Waals surface area contributed by atoms with Gasteiger partial charge in [0.05, 0.1) is 5.56 Å². The highest BCUT2D eigenvalue weighted by atomic mass is 35.5. The molecule has 0 aromatic carbocycles. The summed E-state index contributed by atoms with van der Waals surface area (Å²) in [7, 11) is 0. The molecule has 1 aromatic rings. The highest BCUT2D eigenvalue weighted by Gasteiger charge is 2.29. The minimum Gasteiger partial charge on any atom is -0.467 e. The highest BCUT2D eigenvalue weighted by molar-refractivity contribution is 6.32. The summed E-state index contributed by atoms with van der Waals surface area (Å²) in [5.74, 6) is -0.686. The average Bonchev–Trinajstić information content (AvgIpc) is 2.55. The van der Waals surface area contributed by atoms with Gasteiger partial charge in [-0.15, -0.1) is 0 Å². The zero-order valence-electron chi connectivity index (χ0n) is 13.9. The molecule has 1 aromatic heterocycles. The molecule has 1 aliphatic heterocycles. The van der Waals surface area contributed by atoms with Crippen molar-refractivity contribution in [3.05, 3.63) is 22.8 Å². The van der Waals surface area contributed by atoms with Crippen LogP contribution >= 0.6 is 11.6 Å². The number of halogens is 4. The minimum atomic E-state index is -4.48. The van der Waals surface area contributed by atoms with Crippen LogP contribution in [0.5, 0.6) is 5.88 Å². The Kier molecular flexibility index (Phi) is 6.89. The van der Waals surface area contributed by atoms with Gasteiger partial charge in [0, 0.05) is 25.3 Å². The van der Waals surface area contributed by atoms with Crippen molar-refractivity contribution in [1.29, 1.82) is 0 Å². The first-order chi connectivity index (χ1) is 11.8. The van der Waals surface area contributed by atoms with Gasteiger partial charge in [0.15, 0.2) is 6.61 Å². The number of carbonyl (C=O) groups excluding carboxylic acids is 1. The van der Waals surface area contributed by atoms with Crippen molar-refractivity contribution in [3.8, 4) is 5.88 Å². The van der Waals surface area contributed by atoms with Crippen molar-refractivity contribution in [2.75, 3.05) is 26.2 Å². The Bertz CT molecular complexity index is 590. The van der Waals surface area contributed by atoms with Crippen LogP contribution in [0.25, 0.3) is 0 Å². The fourth-order valence-electron chi connectivity index (χ4n) is 2.69. The van der Waals surface area contributed by atoms with Crippen LogP contribution in [0.15, 0.2) is 12.3 Å². The molecule has 1 aliphatic rings. The van der Waals surface area contributed by atoms with Crippen molar-refractivity contribution in [2.45, 2.75) is 38.4 Å². The molecule has 0 atom stereocenters. The number of hydrogen-bond donors (Lipinski definition) is 1. The lowest BCUT2D eigenvalue weighted by Gasteiger charge is -2.32. The van der Waals surface area contributed by atoms with E-state index in [0.29, 0.717) is 0 Å². The molecule has 0 spiro atoms. The molecular weight excluding hydrogens is 359 g/mol. The molecule has 0 unspecified atom stereocenters. The Hall–Kier alpha value is -1.54. The van der Waals surface area contributed by atoms with E-state index in [-0.39, 0.29) is 28.4 Å². The molecule has 9 heteroatoms. The van der Waals surface area contributed by atoms with Crippen LogP contribution in [0.4, 0.5) is 13.2 Å². The number of nitrogens with zero attached hydrogens (tertiary/aromatic N) is 2. The number of rotatable bonds is 6. The first-order valence-corrected chi connectivity index (χ1v) is 8.54. The summed E-state index contributed by atoms with van der Waals surface area (Å²) in [4.78, 5) is 18.3. The van der Waals surface area contributed by atoms with Gasteiger partial charge in [0.25, 0.3) is 5.91 Å². The number of likely N-dealkylation sites (tertiary alicyclic amines) is 1. The lowest BCUT2D eigenvalue weighted by Crippen LogP contribution is -2.44. The third kappa shape index (κ3) is 6.36. The summed E-state index contributed by atoms with van der Waals surface area (Å²) in [5.41, 5.74) is 0.195. The molecule has 0 radical (unpaired) electrons. The number of carbonyl (C=O) groups is 1. The first kappa shape index (κ1) is 19.8. The topological polar surface area (TPSA) is 54.5 Å². The van der Waals surface area contributed by atoms with Crippen molar-refractivity contribution < 1.29 is 22.7 Å². The third-order valence-corrected chi connectivity index (χ3v) is 4.18. The number of ether oxygens (including phenoxy) is 1. The summed E-state index contributed by atoms with van der Waals surface area (Å²) < 4.78 is 41.0. The van der Waals surface area contributed by atoms with Gasteiger partial charge >= 0.3 is 6.18 Å². The molecule has 1 amide bonds. The van der Waals surface area contributed by atoms with Crippen molar-refractivity contribution >= 4 is 17.5 Å². The summed E-state index contributed by atoms with van der Waals surface area (Å²) in [6.45, 7) is 3.57. The second-order valence-corrected chi connectivity index (χ2v) is 6.41. The maximum atomic E-state index is 12.3. The smallest absolute Gasteiger partial charge is 0.422 e. The van der Waals surface area contributed by atoms with E-state index >= 15 is 0 Å².